The van der Waals surface area contributed by atoms with Crippen LogP contribution >= 0.6 is 0 Å². The van der Waals surface area contributed by atoms with Gasteiger partial charge in [0.05, 0.1) is 18.1 Å². The summed E-state index contributed by atoms with van der Waals surface area (Å²) in [6, 6.07) is 3.73. The molecule has 1 aromatic rings. The van der Waals surface area contributed by atoms with E-state index in [4.69, 9.17) is 14.7 Å². The van der Waals surface area contributed by atoms with Gasteiger partial charge in [-0.25, -0.2) is 4.98 Å². The van der Waals surface area contributed by atoms with Gasteiger partial charge in [0.1, 0.15) is 12.3 Å². The van der Waals surface area contributed by atoms with Gasteiger partial charge in [0.15, 0.2) is 6.10 Å². The van der Waals surface area contributed by atoms with Gasteiger partial charge in [0.25, 0.3) is 0 Å². The summed E-state index contributed by atoms with van der Waals surface area (Å²) in [4.78, 5) is 9.25. The Bertz CT molecular complexity index is 419. The molecule has 0 bridgehead atoms. The molecule has 0 spiro atoms. The molecule has 0 radical (unpaired) electrons. The average Bonchev–Trinajstić information content (AvgIpc) is 2.72. The first-order chi connectivity index (χ1) is 7.40. The van der Waals surface area contributed by atoms with E-state index in [0.717, 1.165) is 11.3 Å². The van der Waals surface area contributed by atoms with E-state index in [0.29, 0.717) is 12.5 Å². The van der Waals surface area contributed by atoms with Crippen molar-refractivity contribution in [1.82, 2.24) is 4.98 Å². The molecule has 3 rings (SSSR count). The van der Waals surface area contributed by atoms with Crippen LogP contribution in [-0.2, 0) is 4.84 Å². The van der Waals surface area contributed by atoms with Crippen molar-refractivity contribution in [2.45, 2.75) is 6.10 Å². The lowest BCUT2D eigenvalue weighted by Gasteiger charge is -2.23. The lowest BCUT2D eigenvalue weighted by Crippen LogP contribution is -2.35. The first-order valence-electron chi connectivity index (χ1n) is 4.83. The molecule has 3 heterocycles. The molecule has 15 heavy (non-hydrogen) atoms. The van der Waals surface area contributed by atoms with Crippen LogP contribution < -0.4 is 4.74 Å². The fraction of sp³-hybridized carbons (Fsp3) is 0.400. The Morgan fingerprint density at radius 3 is 3.33 bits per heavy atom. The summed E-state index contributed by atoms with van der Waals surface area (Å²) in [7, 11) is 0. The minimum Gasteiger partial charge on any atom is -0.476 e. The molecule has 0 saturated heterocycles. The summed E-state index contributed by atoms with van der Waals surface area (Å²) in [5.41, 5.74) is 1.70. The van der Waals surface area contributed by atoms with Crippen LogP contribution in [0, 0.1) is 5.92 Å². The van der Waals surface area contributed by atoms with E-state index in [-0.39, 0.29) is 18.6 Å². The minimum atomic E-state index is -0.284. The zero-order valence-corrected chi connectivity index (χ0v) is 7.96. The molecule has 0 amide bonds. The van der Waals surface area contributed by atoms with E-state index in [1.807, 2.05) is 12.1 Å². The molecular weight excluding hydrogens is 196 g/mol. The molecule has 5 heteroatoms. The van der Waals surface area contributed by atoms with Crippen LogP contribution in [0.1, 0.15) is 5.56 Å². The molecule has 0 aliphatic carbocycles. The molecule has 0 aromatic carbocycles. The number of nitrogens with zero attached hydrogens (tertiary/aromatic N) is 2. The van der Waals surface area contributed by atoms with E-state index in [1.54, 1.807) is 6.20 Å². The van der Waals surface area contributed by atoms with E-state index >= 15 is 0 Å². The van der Waals surface area contributed by atoms with E-state index < -0.39 is 0 Å². The molecule has 1 aromatic heterocycles. The Kier molecular flexibility index (Phi) is 1.85. The molecule has 78 valence electrons. The summed E-state index contributed by atoms with van der Waals surface area (Å²) in [5, 5.41) is 13.1. The van der Waals surface area contributed by atoms with Crippen molar-refractivity contribution < 1.29 is 14.7 Å². The first kappa shape index (κ1) is 8.67. The Morgan fingerprint density at radius 1 is 1.53 bits per heavy atom. The molecule has 2 atom stereocenters. The highest BCUT2D eigenvalue weighted by Crippen LogP contribution is 2.31. The second-order valence-electron chi connectivity index (χ2n) is 3.58. The van der Waals surface area contributed by atoms with Crippen molar-refractivity contribution in [3.8, 4) is 5.88 Å². The number of fused-ring (bicyclic) bond motifs is 3. The number of aromatic nitrogens is 1. The minimum absolute atomic E-state index is 0.0201. The number of aliphatic hydroxyl groups is 1. The van der Waals surface area contributed by atoms with Gasteiger partial charge in [0, 0.05) is 6.20 Å². The van der Waals surface area contributed by atoms with Gasteiger partial charge in [-0.05, 0) is 12.1 Å². The Labute approximate surface area is 86.3 Å². The second-order valence-corrected chi connectivity index (χ2v) is 3.58. The lowest BCUT2D eigenvalue weighted by atomic mass is 9.92. The predicted octanol–water partition coefficient (Wildman–Crippen LogP) is 0.185. The summed E-state index contributed by atoms with van der Waals surface area (Å²) < 4.78 is 5.49. The van der Waals surface area contributed by atoms with Gasteiger partial charge in [-0.3, -0.25) is 0 Å². The molecule has 5 nitrogen and oxygen atoms in total. The van der Waals surface area contributed by atoms with Crippen LogP contribution in [0.25, 0.3) is 0 Å². The number of ether oxygens (including phenoxy) is 1. The third-order valence-corrected chi connectivity index (χ3v) is 2.71. The van der Waals surface area contributed by atoms with Crippen LogP contribution in [0.3, 0.4) is 0 Å². The average molecular weight is 206 g/mol. The zero-order valence-electron chi connectivity index (χ0n) is 7.96. The van der Waals surface area contributed by atoms with Crippen molar-refractivity contribution in [1.29, 1.82) is 0 Å². The van der Waals surface area contributed by atoms with Gasteiger partial charge >= 0.3 is 0 Å². The normalized spacial score (nSPS) is 27.1. The summed E-state index contributed by atoms with van der Waals surface area (Å²) in [6.07, 6.45) is 1.40. The predicted molar refractivity (Wildman–Crippen MR) is 51.7 cm³/mol. The molecule has 1 N–H and O–H groups in total. The smallest absolute Gasteiger partial charge is 0.222 e. The van der Waals surface area contributed by atoms with Crippen LogP contribution in [0.15, 0.2) is 23.5 Å². The SMILES string of the molecule is OC[C@@H]1ON=C2c3cccnc3OC[C@H]21. The third kappa shape index (κ3) is 1.20. The quantitative estimate of drug-likeness (QED) is 0.712. The Balaban J connectivity index is 2.02. The molecular formula is C10H10N2O3. The number of rotatable bonds is 1. The van der Waals surface area contributed by atoms with E-state index in [9.17, 15) is 0 Å². The van der Waals surface area contributed by atoms with Crippen molar-refractivity contribution in [2.75, 3.05) is 13.2 Å². The highest BCUT2D eigenvalue weighted by molar-refractivity contribution is 6.05. The van der Waals surface area contributed by atoms with Crippen molar-refractivity contribution in [3.63, 3.8) is 0 Å². The van der Waals surface area contributed by atoms with Crippen LogP contribution in [0.5, 0.6) is 5.88 Å². The maximum Gasteiger partial charge on any atom is 0.222 e. The number of hydrogen-bond donors (Lipinski definition) is 1. The first-order valence-corrected chi connectivity index (χ1v) is 4.83. The van der Waals surface area contributed by atoms with Crippen LogP contribution in [0.2, 0.25) is 0 Å². The molecule has 0 saturated carbocycles. The van der Waals surface area contributed by atoms with Crippen LogP contribution in [0.4, 0.5) is 0 Å². The number of oxime groups is 1. The molecule has 2 aliphatic rings. The zero-order chi connectivity index (χ0) is 10.3. The third-order valence-electron chi connectivity index (χ3n) is 2.71. The van der Waals surface area contributed by atoms with E-state index in [2.05, 4.69) is 10.1 Å². The standard InChI is InChI=1S/C10H10N2O3/c13-4-8-7-5-14-10-6(2-1-3-11-10)9(7)12-15-8/h1-3,7-8,13H,4-5H2/t7-,8-/m0/s1. The Morgan fingerprint density at radius 2 is 2.47 bits per heavy atom. The van der Waals surface area contributed by atoms with Gasteiger partial charge in [0.2, 0.25) is 5.88 Å². The summed E-state index contributed by atoms with van der Waals surface area (Å²) in [5.74, 6) is 0.612. The van der Waals surface area contributed by atoms with Gasteiger partial charge in [-0.15, -0.1) is 0 Å². The van der Waals surface area contributed by atoms with Gasteiger partial charge in [-0.2, -0.15) is 0 Å². The number of pyridine rings is 1. The highest BCUT2D eigenvalue weighted by Gasteiger charge is 2.39. The maximum absolute atomic E-state index is 9.08. The largest absolute Gasteiger partial charge is 0.476 e. The molecule has 0 unspecified atom stereocenters. The Hall–Kier alpha value is -1.62. The monoisotopic (exact) mass is 206 g/mol. The number of hydrogen-bond acceptors (Lipinski definition) is 5. The number of aliphatic hydroxyl groups excluding tert-OH is 1. The van der Waals surface area contributed by atoms with Gasteiger partial charge < -0.3 is 14.7 Å². The van der Waals surface area contributed by atoms with Crippen molar-refractivity contribution in [2.24, 2.45) is 11.1 Å². The maximum atomic E-state index is 9.08. The van der Waals surface area contributed by atoms with Gasteiger partial charge in [-0.1, -0.05) is 5.16 Å². The van der Waals surface area contributed by atoms with Crippen LogP contribution in [-0.4, -0.2) is 35.1 Å². The summed E-state index contributed by atoms with van der Waals surface area (Å²) >= 11 is 0. The fourth-order valence-electron chi connectivity index (χ4n) is 1.91. The van der Waals surface area contributed by atoms with E-state index in [1.165, 1.54) is 0 Å². The van der Waals surface area contributed by atoms with Crippen molar-refractivity contribution in [3.05, 3.63) is 23.9 Å². The fourth-order valence-corrected chi connectivity index (χ4v) is 1.91. The topological polar surface area (TPSA) is 63.9 Å². The molecule has 0 fully saturated rings. The highest BCUT2D eigenvalue weighted by atomic mass is 16.7. The summed E-state index contributed by atoms with van der Waals surface area (Å²) in [6.45, 7) is 0.421. The lowest BCUT2D eigenvalue weighted by molar-refractivity contribution is 0.00810. The van der Waals surface area contributed by atoms with Crippen molar-refractivity contribution >= 4 is 5.71 Å². The second kappa shape index (κ2) is 3.20. The molecule has 2 aliphatic heterocycles.